The van der Waals surface area contributed by atoms with Gasteiger partial charge in [-0.1, -0.05) is 41.9 Å². The van der Waals surface area contributed by atoms with Crippen molar-refractivity contribution in [2.75, 3.05) is 55.0 Å². The second-order valence-corrected chi connectivity index (χ2v) is 11.0. The number of pyridine rings is 1. The van der Waals surface area contributed by atoms with E-state index in [9.17, 15) is 9.59 Å². The Labute approximate surface area is 251 Å². The number of piperazine rings is 1. The fraction of sp³-hybridized carbons (Fsp3) is 0.303. The Morgan fingerprint density at radius 3 is 2.31 bits per heavy atom. The number of aryl methyl sites for hydroxylation is 3. The van der Waals surface area contributed by atoms with E-state index in [4.69, 9.17) is 21.3 Å². The Morgan fingerprint density at radius 1 is 0.929 bits per heavy atom. The van der Waals surface area contributed by atoms with Gasteiger partial charge in [-0.15, -0.1) is 0 Å². The first kappa shape index (κ1) is 29.4. The number of methoxy groups -OCH3 is 1. The third-order valence-electron chi connectivity index (χ3n) is 7.56. The van der Waals surface area contributed by atoms with Gasteiger partial charge >= 0.3 is 0 Å². The molecule has 5 rings (SSSR count). The summed E-state index contributed by atoms with van der Waals surface area (Å²) in [5, 5.41) is 3.29. The minimum absolute atomic E-state index is 0.340. The number of carbonyl (C=O) groups is 2. The first-order chi connectivity index (χ1) is 20.2. The summed E-state index contributed by atoms with van der Waals surface area (Å²) in [7, 11) is 1.61. The van der Waals surface area contributed by atoms with Crippen molar-refractivity contribution in [2.24, 2.45) is 0 Å². The summed E-state index contributed by atoms with van der Waals surface area (Å²) in [5.74, 6) is -0.336. The molecule has 8 nitrogen and oxygen atoms in total. The molecule has 2 aromatic heterocycles. The molecule has 3 heterocycles. The van der Waals surface area contributed by atoms with Gasteiger partial charge in [-0.2, -0.15) is 0 Å². The van der Waals surface area contributed by atoms with Crippen LogP contribution in [0.2, 0.25) is 5.02 Å². The van der Waals surface area contributed by atoms with Crippen LogP contribution in [0, 0.1) is 20.8 Å². The smallest absolute Gasteiger partial charge is 0.298 e. The molecule has 1 N–H and O–H groups in total. The number of nitrogens with zero attached hydrogens (tertiary/aromatic N) is 4. The maximum atomic E-state index is 13.6. The summed E-state index contributed by atoms with van der Waals surface area (Å²) in [6, 6.07) is 21.1. The highest BCUT2D eigenvalue weighted by Gasteiger charge is 2.27. The molecule has 1 fully saturated rings. The van der Waals surface area contributed by atoms with Gasteiger partial charge in [0, 0.05) is 62.5 Å². The Bertz CT molecular complexity index is 1570. The van der Waals surface area contributed by atoms with E-state index in [1.807, 2.05) is 60.9 Å². The lowest BCUT2D eigenvalue weighted by Crippen LogP contribution is -2.47. The number of nitrogens with one attached hydrogen (secondary N) is 1. The van der Waals surface area contributed by atoms with E-state index in [2.05, 4.69) is 34.2 Å². The molecule has 0 unspecified atom stereocenters. The lowest BCUT2D eigenvalue weighted by molar-refractivity contribution is -0.112. The van der Waals surface area contributed by atoms with Crippen LogP contribution < -0.4 is 15.1 Å². The van der Waals surface area contributed by atoms with E-state index in [0.29, 0.717) is 35.1 Å². The van der Waals surface area contributed by atoms with E-state index in [1.54, 1.807) is 19.2 Å². The third-order valence-corrected chi connectivity index (χ3v) is 7.87. The van der Waals surface area contributed by atoms with Gasteiger partial charge in [-0.25, -0.2) is 4.98 Å². The molecule has 9 heteroatoms. The van der Waals surface area contributed by atoms with Crippen molar-refractivity contribution >= 4 is 40.5 Å². The van der Waals surface area contributed by atoms with Crippen LogP contribution in [0.5, 0.6) is 0 Å². The number of ether oxygens (including phenoxy) is 1. The number of rotatable bonds is 9. The molecule has 1 amide bonds. The van der Waals surface area contributed by atoms with Crippen LogP contribution >= 0.6 is 11.6 Å². The molecule has 0 aliphatic carbocycles. The normalized spacial score (nSPS) is 13.4. The van der Waals surface area contributed by atoms with Crippen molar-refractivity contribution in [1.82, 2.24) is 9.55 Å². The zero-order valence-corrected chi connectivity index (χ0v) is 25.2. The Hall–Kier alpha value is -4.14. The number of hydrogen-bond acceptors (Lipinski definition) is 6. The molecule has 0 atom stereocenters. The summed E-state index contributed by atoms with van der Waals surface area (Å²) < 4.78 is 7.11. The summed E-state index contributed by atoms with van der Waals surface area (Å²) >= 11 is 6.71. The van der Waals surface area contributed by atoms with Gasteiger partial charge in [-0.05, 0) is 68.3 Å². The van der Waals surface area contributed by atoms with Crippen LogP contribution in [0.4, 0.5) is 17.2 Å². The fourth-order valence-corrected chi connectivity index (χ4v) is 5.83. The van der Waals surface area contributed by atoms with Crippen molar-refractivity contribution in [3.05, 3.63) is 94.4 Å². The molecule has 0 bridgehead atoms. The van der Waals surface area contributed by atoms with Crippen LogP contribution in [0.3, 0.4) is 0 Å². The topological polar surface area (TPSA) is 79.7 Å². The molecule has 1 aliphatic heterocycles. The van der Waals surface area contributed by atoms with Crippen LogP contribution in [0.1, 0.15) is 27.4 Å². The van der Waals surface area contributed by atoms with E-state index in [-0.39, 0.29) is 0 Å². The van der Waals surface area contributed by atoms with Gasteiger partial charge < -0.3 is 24.4 Å². The maximum absolute atomic E-state index is 13.6. The van der Waals surface area contributed by atoms with Crippen molar-refractivity contribution in [3.63, 3.8) is 0 Å². The van der Waals surface area contributed by atoms with E-state index in [0.717, 1.165) is 54.6 Å². The lowest BCUT2D eigenvalue weighted by atomic mass is 10.0. The number of carbonyl (C=O) groups excluding carboxylic acids is 2. The molecule has 0 spiro atoms. The molecule has 42 heavy (non-hydrogen) atoms. The number of hydrogen-bond donors (Lipinski definition) is 1. The summed E-state index contributed by atoms with van der Waals surface area (Å²) in [6.07, 6.45) is 0. The quantitative estimate of drug-likeness (QED) is 0.194. The average Bonchev–Trinajstić information content (AvgIpc) is 3.31. The van der Waals surface area contributed by atoms with Gasteiger partial charge in [0.2, 0.25) is 0 Å². The third kappa shape index (κ3) is 6.35. The van der Waals surface area contributed by atoms with Gasteiger partial charge in [0.1, 0.15) is 11.5 Å². The molecular formula is C33H36ClN5O3. The molecule has 218 valence electrons. The molecule has 4 aromatic rings. The number of aromatic nitrogens is 2. The van der Waals surface area contributed by atoms with Crippen LogP contribution in [0.25, 0.3) is 11.1 Å². The fourth-order valence-electron chi connectivity index (χ4n) is 5.53. The van der Waals surface area contributed by atoms with Crippen LogP contribution in [-0.2, 0) is 16.1 Å². The molecule has 0 saturated carbocycles. The predicted octanol–water partition coefficient (Wildman–Crippen LogP) is 5.92. The van der Waals surface area contributed by atoms with Crippen molar-refractivity contribution < 1.29 is 14.3 Å². The Kier molecular flexibility index (Phi) is 8.94. The van der Waals surface area contributed by atoms with Crippen LogP contribution in [-0.4, -0.2) is 61.1 Å². The highest BCUT2D eigenvalue weighted by molar-refractivity contribution is 6.47. The lowest BCUT2D eigenvalue weighted by Gasteiger charge is -2.37. The molecule has 1 aliphatic rings. The summed E-state index contributed by atoms with van der Waals surface area (Å²) in [4.78, 5) is 36.1. The Balaban J connectivity index is 1.30. The number of benzene rings is 2. The van der Waals surface area contributed by atoms with E-state index in [1.165, 1.54) is 5.56 Å². The Morgan fingerprint density at radius 2 is 1.64 bits per heavy atom. The van der Waals surface area contributed by atoms with Gasteiger partial charge in [0.25, 0.3) is 11.7 Å². The summed E-state index contributed by atoms with van der Waals surface area (Å²) in [5.41, 5.74) is 6.38. The standard InChI is InChI=1S/C33H36ClN5O3/c1-22-18-23(2)35-30(19-22)38-14-12-37(13-15-38)29-11-10-26(21-28(29)34)36-33(41)32(40)31-27(25-8-6-5-7-9-25)20-24(3)39(31)16-17-42-4/h5-11,18-21H,12-17H2,1-4H3,(H,36,41). The number of amides is 1. The predicted molar refractivity (Wildman–Crippen MR) is 169 cm³/mol. The molecule has 2 aromatic carbocycles. The zero-order chi connectivity index (χ0) is 29.8. The van der Waals surface area contributed by atoms with Gasteiger partial charge in [0.05, 0.1) is 17.3 Å². The molecule has 0 radical (unpaired) electrons. The minimum Gasteiger partial charge on any atom is -0.383 e. The number of Topliss-reactive ketones (excluding diaryl/α,β-unsaturated/α-hetero) is 1. The first-order valence-electron chi connectivity index (χ1n) is 14.1. The summed E-state index contributed by atoms with van der Waals surface area (Å²) in [6.45, 7) is 10.1. The second kappa shape index (κ2) is 12.8. The van der Waals surface area contributed by atoms with Crippen molar-refractivity contribution in [2.45, 2.75) is 27.3 Å². The van der Waals surface area contributed by atoms with Gasteiger partial charge in [0.15, 0.2) is 0 Å². The second-order valence-electron chi connectivity index (χ2n) is 10.6. The monoisotopic (exact) mass is 585 g/mol. The zero-order valence-electron chi connectivity index (χ0n) is 24.5. The average molecular weight is 586 g/mol. The van der Waals surface area contributed by atoms with Gasteiger partial charge in [-0.3, -0.25) is 9.59 Å². The largest absolute Gasteiger partial charge is 0.383 e. The number of ketones is 1. The highest BCUT2D eigenvalue weighted by atomic mass is 35.5. The van der Waals surface area contributed by atoms with E-state index >= 15 is 0 Å². The van der Waals surface area contributed by atoms with Crippen LogP contribution in [0.15, 0.2) is 66.7 Å². The SMILES string of the molecule is COCCn1c(C)cc(-c2ccccc2)c1C(=O)C(=O)Nc1ccc(N2CCN(c3cc(C)cc(C)n3)CC2)c(Cl)c1. The molecule has 1 saturated heterocycles. The van der Waals surface area contributed by atoms with E-state index < -0.39 is 11.7 Å². The number of anilines is 3. The van der Waals surface area contributed by atoms with Crippen molar-refractivity contribution in [1.29, 1.82) is 0 Å². The minimum atomic E-state index is -0.720. The van der Waals surface area contributed by atoms with Crippen molar-refractivity contribution in [3.8, 4) is 11.1 Å². The maximum Gasteiger partial charge on any atom is 0.298 e. The number of halogens is 1. The molecular weight excluding hydrogens is 550 g/mol. The first-order valence-corrected chi connectivity index (χ1v) is 14.5. The highest BCUT2D eigenvalue weighted by Crippen LogP contribution is 2.32.